The highest BCUT2D eigenvalue weighted by molar-refractivity contribution is 7.16. The second-order valence-corrected chi connectivity index (χ2v) is 8.07. The maximum atomic E-state index is 12.6. The molecule has 0 unspecified atom stereocenters. The predicted octanol–water partition coefficient (Wildman–Crippen LogP) is 2.74. The van der Waals surface area contributed by atoms with Crippen LogP contribution in [-0.2, 0) is 14.3 Å². The number of esters is 1. The minimum Gasteiger partial charge on any atom is -0.465 e. The first kappa shape index (κ1) is 17.9. The Morgan fingerprint density at radius 3 is 2.28 bits per heavy atom. The number of methoxy groups -OCH3 is 1. The Hall–Kier alpha value is -1.89. The molecule has 1 saturated carbocycles. The molecule has 0 radical (unpaired) electrons. The van der Waals surface area contributed by atoms with Crippen molar-refractivity contribution in [3.8, 4) is 0 Å². The van der Waals surface area contributed by atoms with Gasteiger partial charge in [0.1, 0.15) is 5.00 Å². The van der Waals surface area contributed by atoms with Gasteiger partial charge >= 0.3 is 5.97 Å². The number of nitrogens with one attached hydrogen (secondary N) is 1. The quantitative estimate of drug-likeness (QED) is 0.834. The zero-order valence-electron chi connectivity index (χ0n) is 14.9. The Kier molecular flexibility index (Phi) is 5.13. The van der Waals surface area contributed by atoms with E-state index in [1.54, 1.807) is 0 Å². The predicted molar refractivity (Wildman–Crippen MR) is 95.8 cm³/mol. The summed E-state index contributed by atoms with van der Waals surface area (Å²) in [6.07, 6.45) is 3.35. The third kappa shape index (κ3) is 3.71. The summed E-state index contributed by atoms with van der Waals surface area (Å²) in [5.74, 6) is -0.162. The van der Waals surface area contributed by atoms with E-state index in [1.807, 2.05) is 18.7 Å². The number of thiophene rings is 1. The SMILES string of the molecule is COC(=O)c1c(NC(=O)C2CCN(C(=O)C3CC3)CC2)sc(C)c1C. The lowest BCUT2D eigenvalue weighted by atomic mass is 9.95. The summed E-state index contributed by atoms with van der Waals surface area (Å²) < 4.78 is 4.84. The van der Waals surface area contributed by atoms with Crippen LogP contribution < -0.4 is 5.32 Å². The second-order valence-electron chi connectivity index (χ2n) is 6.84. The van der Waals surface area contributed by atoms with Gasteiger partial charge in [-0.2, -0.15) is 0 Å². The number of likely N-dealkylation sites (tertiary alicyclic amines) is 1. The molecule has 136 valence electrons. The number of ether oxygens (including phenoxy) is 1. The second kappa shape index (κ2) is 7.15. The van der Waals surface area contributed by atoms with E-state index >= 15 is 0 Å². The number of nitrogens with zero attached hydrogens (tertiary/aromatic N) is 1. The molecular formula is C18H24N2O4S. The zero-order valence-corrected chi connectivity index (χ0v) is 15.7. The minimum atomic E-state index is -0.429. The van der Waals surface area contributed by atoms with E-state index in [1.165, 1.54) is 18.4 Å². The smallest absolute Gasteiger partial charge is 0.341 e. The molecule has 1 aliphatic heterocycles. The monoisotopic (exact) mass is 364 g/mol. The lowest BCUT2D eigenvalue weighted by Crippen LogP contribution is -2.42. The molecule has 25 heavy (non-hydrogen) atoms. The number of rotatable bonds is 4. The highest BCUT2D eigenvalue weighted by Gasteiger charge is 2.36. The third-order valence-electron chi connectivity index (χ3n) is 5.12. The molecule has 0 spiro atoms. The Balaban J connectivity index is 1.62. The van der Waals surface area contributed by atoms with Crippen LogP contribution in [0.2, 0.25) is 0 Å². The largest absolute Gasteiger partial charge is 0.465 e. The van der Waals surface area contributed by atoms with Crippen molar-refractivity contribution in [1.82, 2.24) is 4.90 Å². The Morgan fingerprint density at radius 2 is 1.72 bits per heavy atom. The molecule has 2 heterocycles. The van der Waals surface area contributed by atoms with Gasteiger partial charge in [-0.15, -0.1) is 11.3 Å². The van der Waals surface area contributed by atoms with E-state index in [0.717, 1.165) is 23.3 Å². The topological polar surface area (TPSA) is 75.7 Å². The number of hydrogen-bond donors (Lipinski definition) is 1. The van der Waals surface area contributed by atoms with E-state index in [2.05, 4.69) is 5.32 Å². The fourth-order valence-corrected chi connectivity index (χ4v) is 4.28. The molecule has 2 aliphatic rings. The van der Waals surface area contributed by atoms with Gasteiger partial charge < -0.3 is 15.0 Å². The first-order valence-corrected chi connectivity index (χ1v) is 9.52. The van der Waals surface area contributed by atoms with Gasteiger partial charge in [0.25, 0.3) is 0 Å². The number of carbonyl (C=O) groups is 3. The summed E-state index contributed by atoms with van der Waals surface area (Å²) >= 11 is 1.40. The summed E-state index contributed by atoms with van der Waals surface area (Å²) in [5, 5.41) is 3.47. The molecule has 1 aromatic heterocycles. The van der Waals surface area contributed by atoms with Gasteiger partial charge in [0.2, 0.25) is 11.8 Å². The van der Waals surface area contributed by atoms with Gasteiger partial charge in [0, 0.05) is 29.8 Å². The van der Waals surface area contributed by atoms with Crippen molar-refractivity contribution in [2.75, 3.05) is 25.5 Å². The number of hydrogen-bond acceptors (Lipinski definition) is 5. The molecule has 1 aliphatic carbocycles. The van der Waals surface area contributed by atoms with Crippen molar-refractivity contribution >= 4 is 34.1 Å². The molecule has 0 aromatic carbocycles. The molecule has 1 aromatic rings. The Labute approximate surface area is 151 Å². The number of carbonyl (C=O) groups excluding carboxylic acids is 3. The average molecular weight is 364 g/mol. The van der Waals surface area contributed by atoms with Crippen LogP contribution in [0.15, 0.2) is 0 Å². The van der Waals surface area contributed by atoms with Gasteiger partial charge in [-0.1, -0.05) is 0 Å². The fraction of sp³-hybridized carbons (Fsp3) is 0.611. The molecular weight excluding hydrogens is 340 g/mol. The highest BCUT2D eigenvalue weighted by atomic mass is 32.1. The van der Waals surface area contributed by atoms with Crippen molar-refractivity contribution in [1.29, 1.82) is 0 Å². The third-order valence-corrected chi connectivity index (χ3v) is 6.24. The standard InChI is InChI=1S/C18H24N2O4S/c1-10-11(2)25-16(14(10)18(23)24-3)19-15(21)12-6-8-20(9-7-12)17(22)13-4-5-13/h12-13H,4-9H2,1-3H3,(H,19,21). The van der Waals surface area contributed by atoms with Gasteiger partial charge in [0.15, 0.2) is 0 Å². The van der Waals surface area contributed by atoms with Gasteiger partial charge in [-0.3, -0.25) is 9.59 Å². The van der Waals surface area contributed by atoms with Gasteiger partial charge in [-0.05, 0) is 45.1 Å². The van der Waals surface area contributed by atoms with Crippen LogP contribution in [0, 0.1) is 25.7 Å². The number of piperidine rings is 1. The summed E-state index contributed by atoms with van der Waals surface area (Å²) in [5.41, 5.74) is 1.29. The van der Waals surface area contributed by atoms with Crippen LogP contribution in [0.4, 0.5) is 5.00 Å². The zero-order chi connectivity index (χ0) is 18.1. The molecule has 1 saturated heterocycles. The van der Waals surface area contributed by atoms with Crippen LogP contribution in [0.25, 0.3) is 0 Å². The number of aryl methyl sites for hydroxylation is 1. The molecule has 6 nitrogen and oxygen atoms in total. The van der Waals surface area contributed by atoms with Crippen molar-refractivity contribution in [2.24, 2.45) is 11.8 Å². The van der Waals surface area contributed by atoms with Crippen LogP contribution in [-0.4, -0.2) is 42.9 Å². The van der Waals surface area contributed by atoms with Gasteiger partial charge in [0.05, 0.1) is 12.7 Å². The van der Waals surface area contributed by atoms with E-state index in [0.29, 0.717) is 36.5 Å². The van der Waals surface area contributed by atoms with Crippen molar-refractivity contribution in [2.45, 2.75) is 39.5 Å². The first-order chi connectivity index (χ1) is 11.9. The molecule has 3 rings (SSSR count). The van der Waals surface area contributed by atoms with Crippen molar-refractivity contribution in [3.05, 3.63) is 16.0 Å². The van der Waals surface area contributed by atoms with Crippen LogP contribution in [0.5, 0.6) is 0 Å². The minimum absolute atomic E-state index is 0.0788. The van der Waals surface area contributed by atoms with Crippen molar-refractivity contribution < 1.29 is 19.1 Å². The lowest BCUT2D eigenvalue weighted by Gasteiger charge is -2.31. The molecule has 2 amide bonds. The van der Waals surface area contributed by atoms with E-state index in [-0.39, 0.29) is 23.7 Å². The maximum Gasteiger partial charge on any atom is 0.341 e. The highest BCUT2D eigenvalue weighted by Crippen LogP contribution is 2.35. The molecule has 1 N–H and O–H groups in total. The van der Waals surface area contributed by atoms with Crippen LogP contribution in [0.3, 0.4) is 0 Å². The van der Waals surface area contributed by atoms with Crippen LogP contribution in [0.1, 0.15) is 46.5 Å². The van der Waals surface area contributed by atoms with Gasteiger partial charge in [-0.25, -0.2) is 4.79 Å². The molecule has 0 atom stereocenters. The van der Waals surface area contributed by atoms with Crippen LogP contribution >= 0.6 is 11.3 Å². The number of amides is 2. The van der Waals surface area contributed by atoms with E-state index in [4.69, 9.17) is 4.74 Å². The van der Waals surface area contributed by atoms with E-state index in [9.17, 15) is 14.4 Å². The summed E-state index contributed by atoms with van der Waals surface area (Å²) in [6, 6.07) is 0. The first-order valence-electron chi connectivity index (χ1n) is 8.70. The summed E-state index contributed by atoms with van der Waals surface area (Å²) in [4.78, 5) is 39.6. The number of anilines is 1. The van der Waals surface area contributed by atoms with Crippen molar-refractivity contribution in [3.63, 3.8) is 0 Å². The summed E-state index contributed by atoms with van der Waals surface area (Å²) in [7, 11) is 1.34. The molecule has 0 bridgehead atoms. The average Bonchev–Trinajstić information content (AvgIpc) is 3.42. The lowest BCUT2D eigenvalue weighted by molar-refractivity contribution is -0.135. The molecule has 7 heteroatoms. The fourth-order valence-electron chi connectivity index (χ4n) is 3.23. The Morgan fingerprint density at radius 1 is 1.08 bits per heavy atom. The maximum absolute atomic E-state index is 12.6. The normalized spacial score (nSPS) is 18.1. The molecule has 2 fully saturated rings. The Bertz CT molecular complexity index is 700. The van der Waals surface area contributed by atoms with E-state index < -0.39 is 5.97 Å². The summed E-state index contributed by atoms with van der Waals surface area (Å²) in [6.45, 7) is 5.05.